The molecule has 0 aliphatic heterocycles. The van der Waals surface area contributed by atoms with E-state index in [0.717, 1.165) is 17.7 Å². The Kier molecular flexibility index (Phi) is 7.09. The Morgan fingerprint density at radius 1 is 1.13 bits per heavy atom. The Bertz CT molecular complexity index is 513. The SMILES string of the molecule is COc1ccc(SC(C)C(=O)NC2CCCCCC2)cc1OC. The molecule has 1 aliphatic rings. The highest BCUT2D eigenvalue weighted by atomic mass is 32.2. The Labute approximate surface area is 143 Å². The molecule has 2 rings (SSSR count). The molecule has 1 aromatic rings. The van der Waals surface area contributed by atoms with Crippen LogP contribution in [0.1, 0.15) is 45.4 Å². The Balaban J connectivity index is 1.92. The van der Waals surface area contributed by atoms with Crippen molar-refractivity contribution in [2.24, 2.45) is 0 Å². The first kappa shape index (κ1) is 18.0. The molecule has 0 saturated heterocycles. The van der Waals surface area contributed by atoms with Crippen molar-refractivity contribution in [3.63, 3.8) is 0 Å². The molecule has 1 fully saturated rings. The quantitative estimate of drug-likeness (QED) is 0.629. The molecule has 1 atom stereocenters. The largest absolute Gasteiger partial charge is 0.493 e. The number of nitrogens with one attached hydrogen (secondary N) is 1. The van der Waals surface area contributed by atoms with Crippen LogP contribution in [0.2, 0.25) is 0 Å². The van der Waals surface area contributed by atoms with E-state index in [2.05, 4.69) is 5.32 Å². The summed E-state index contributed by atoms with van der Waals surface area (Å²) in [5.41, 5.74) is 0. The summed E-state index contributed by atoms with van der Waals surface area (Å²) in [6.45, 7) is 1.95. The predicted octanol–water partition coefficient (Wildman–Crippen LogP) is 4.02. The van der Waals surface area contributed by atoms with Crippen molar-refractivity contribution in [2.45, 2.75) is 61.6 Å². The van der Waals surface area contributed by atoms with Gasteiger partial charge in [-0.1, -0.05) is 25.7 Å². The van der Waals surface area contributed by atoms with E-state index in [9.17, 15) is 4.79 Å². The van der Waals surface area contributed by atoms with Crippen molar-refractivity contribution in [1.82, 2.24) is 5.32 Å². The molecule has 1 aromatic carbocycles. The van der Waals surface area contributed by atoms with E-state index >= 15 is 0 Å². The van der Waals surface area contributed by atoms with Gasteiger partial charge in [0.1, 0.15) is 0 Å². The van der Waals surface area contributed by atoms with Crippen LogP contribution in [0.3, 0.4) is 0 Å². The van der Waals surface area contributed by atoms with Crippen molar-refractivity contribution < 1.29 is 14.3 Å². The van der Waals surface area contributed by atoms with Gasteiger partial charge in [0.15, 0.2) is 11.5 Å². The monoisotopic (exact) mass is 337 g/mol. The Hall–Kier alpha value is -1.36. The average molecular weight is 337 g/mol. The zero-order chi connectivity index (χ0) is 16.7. The van der Waals surface area contributed by atoms with E-state index < -0.39 is 0 Å². The number of benzene rings is 1. The molecule has 1 aliphatic carbocycles. The number of carbonyl (C=O) groups excluding carboxylic acids is 1. The first-order chi connectivity index (χ1) is 11.1. The number of methoxy groups -OCH3 is 2. The average Bonchev–Trinajstić information content (AvgIpc) is 2.83. The van der Waals surface area contributed by atoms with Gasteiger partial charge in [-0.2, -0.15) is 0 Å². The fraction of sp³-hybridized carbons (Fsp3) is 0.611. The first-order valence-corrected chi connectivity index (χ1v) is 9.21. The van der Waals surface area contributed by atoms with Gasteiger partial charge in [-0.3, -0.25) is 4.79 Å². The summed E-state index contributed by atoms with van der Waals surface area (Å²) in [4.78, 5) is 13.4. The lowest BCUT2D eigenvalue weighted by atomic mass is 10.1. The van der Waals surface area contributed by atoms with Crippen molar-refractivity contribution >= 4 is 17.7 Å². The molecule has 23 heavy (non-hydrogen) atoms. The third kappa shape index (κ3) is 5.34. The van der Waals surface area contributed by atoms with Crippen LogP contribution >= 0.6 is 11.8 Å². The van der Waals surface area contributed by atoms with Gasteiger partial charge in [0.2, 0.25) is 5.91 Å². The normalized spacial score (nSPS) is 17.2. The first-order valence-electron chi connectivity index (χ1n) is 8.33. The Morgan fingerprint density at radius 3 is 2.39 bits per heavy atom. The summed E-state index contributed by atoms with van der Waals surface area (Å²) in [5.74, 6) is 1.51. The number of amides is 1. The zero-order valence-electron chi connectivity index (χ0n) is 14.3. The number of ether oxygens (including phenoxy) is 2. The fourth-order valence-corrected chi connectivity index (χ4v) is 3.79. The molecule has 0 radical (unpaired) electrons. The number of rotatable bonds is 6. The molecular formula is C18H27NO3S. The van der Waals surface area contributed by atoms with E-state index in [1.807, 2.05) is 25.1 Å². The van der Waals surface area contributed by atoms with Crippen LogP contribution in [0.25, 0.3) is 0 Å². The third-order valence-corrected chi connectivity index (χ3v) is 5.33. The molecule has 1 amide bonds. The molecule has 1 unspecified atom stereocenters. The van der Waals surface area contributed by atoms with Gasteiger partial charge in [-0.15, -0.1) is 11.8 Å². The van der Waals surface area contributed by atoms with Gasteiger partial charge in [0.25, 0.3) is 0 Å². The highest BCUT2D eigenvalue weighted by molar-refractivity contribution is 8.00. The van der Waals surface area contributed by atoms with Gasteiger partial charge < -0.3 is 14.8 Å². The summed E-state index contributed by atoms with van der Waals surface area (Å²) < 4.78 is 10.6. The van der Waals surface area contributed by atoms with Gasteiger partial charge in [0, 0.05) is 10.9 Å². The number of carbonyl (C=O) groups is 1. The summed E-state index contributed by atoms with van der Waals surface area (Å²) in [7, 11) is 3.24. The highest BCUT2D eigenvalue weighted by Crippen LogP contribution is 2.33. The summed E-state index contributed by atoms with van der Waals surface area (Å²) in [6, 6.07) is 6.09. The minimum Gasteiger partial charge on any atom is -0.493 e. The van der Waals surface area contributed by atoms with Gasteiger partial charge in [0.05, 0.1) is 19.5 Å². The van der Waals surface area contributed by atoms with Crippen LogP contribution in [0.5, 0.6) is 11.5 Å². The van der Waals surface area contributed by atoms with Crippen LogP contribution < -0.4 is 14.8 Å². The topological polar surface area (TPSA) is 47.6 Å². The lowest BCUT2D eigenvalue weighted by Gasteiger charge is -2.19. The summed E-state index contributed by atoms with van der Waals surface area (Å²) >= 11 is 1.55. The second-order valence-electron chi connectivity index (χ2n) is 5.97. The minimum absolute atomic E-state index is 0.122. The molecular weight excluding hydrogens is 310 g/mol. The maximum atomic E-state index is 12.4. The molecule has 4 nitrogen and oxygen atoms in total. The standard InChI is InChI=1S/C18H27NO3S/c1-13(18(20)19-14-8-6-4-5-7-9-14)23-15-10-11-16(21-2)17(12-15)22-3/h10-14H,4-9H2,1-3H3,(H,19,20). The number of hydrogen-bond donors (Lipinski definition) is 1. The zero-order valence-corrected chi connectivity index (χ0v) is 15.1. The van der Waals surface area contributed by atoms with Crippen LogP contribution in [0.15, 0.2) is 23.1 Å². The highest BCUT2D eigenvalue weighted by Gasteiger charge is 2.20. The molecule has 1 N–H and O–H groups in total. The maximum absolute atomic E-state index is 12.4. The van der Waals surface area contributed by atoms with Crippen molar-refractivity contribution in [2.75, 3.05) is 14.2 Å². The fourth-order valence-electron chi connectivity index (χ4n) is 2.89. The van der Waals surface area contributed by atoms with E-state index in [0.29, 0.717) is 17.5 Å². The van der Waals surface area contributed by atoms with E-state index in [1.165, 1.54) is 25.7 Å². The lowest BCUT2D eigenvalue weighted by molar-refractivity contribution is -0.121. The molecule has 0 spiro atoms. The van der Waals surface area contributed by atoms with E-state index in [-0.39, 0.29) is 11.2 Å². The van der Waals surface area contributed by atoms with Crippen molar-refractivity contribution in [3.05, 3.63) is 18.2 Å². The van der Waals surface area contributed by atoms with E-state index in [1.54, 1.807) is 26.0 Å². The van der Waals surface area contributed by atoms with Crippen molar-refractivity contribution in [1.29, 1.82) is 0 Å². The molecule has 0 heterocycles. The van der Waals surface area contributed by atoms with Crippen LogP contribution in [0, 0.1) is 0 Å². The number of thioether (sulfide) groups is 1. The van der Waals surface area contributed by atoms with Crippen molar-refractivity contribution in [3.8, 4) is 11.5 Å². The molecule has 0 aromatic heterocycles. The molecule has 128 valence electrons. The van der Waals surface area contributed by atoms with Crippen LogP contribution in [-0.4, -0.2) is 31.4 Å². The number of hydrogen-bond acceptors (Lipinski definition) is 4. The second-order valence-corrected chi connectivity index (χ2v) is 7.39. The van der Waals surface area contributed by atoms with Gasteiger partial charge in [-0.25, -0.2) is 0 Å². The Morgan fingerprint density at radius 2 is 1.78 bits per heavy atom. The summed E-state index contributed by atoms with van der Waals surface area (Å²) in [5, 5.41) is 3.09. The minimum atomic E-state index is -0.128. The third-order valence-electron chi connectivity index (χ3n) is 4.24. The molecule has 1 saturated carbocycles. The summed E-state index contributed by atoms with van der Waals surface area (Å²) in [6.07, 6.45) is 7.26. The van der Waals surface area contributed by atoms with Crippen LogP contribution in [-0.2, 0) is 4.79 Å². The van der Waals surface area contributed by atoms with Gasteiger partial charge >= 0.3 is 0 Å². The lowest BCUT2D eigenvalue weighted by Crippen LogP contribution is -2.39. The maximum Gasteiger partial charge on any atom is 0.233 e. The smallest absolute Gasteiger partial charge is 0.233 e. The predicted molar refractivity (Wildman–Crippen MR) is 94.5 cm³/mol. The van der Waals surface area contributed by atoms with E-state index in [4.69, 9.17) is 9.47 Å². The van der Waals surface area contributed by atoms with Crippen LogP contribution in [0.4, 0.5) is 0 Å². The van der Waals surface area contributed by atoms with Gasteiger partial charge in [-0.05, 0) is 38.0 Å². The molecule has 5 heteroatoms. The molecule has 0 bridgehead atoms. The second kappa shape index (κ2) is 9.06.